The molecule has 5 nitrogen and oxygen atoms in total. The van der Waals surface area contributed by atoms with Crippen molar-refractivity contribution in [3.8, 4) is 0 Å². The molecule has 8 heteroatoms. The maximum atomic E-state index is 13.7. The van der Waals surface area contributed by atoms with E-state index in [0.29, 0.717) is 22.1 Å². The highest BCUT2D eigenvalue weighted by molar-refractivity contribution is 7.98. The van der Waals surface area contributed by atoms with Gasteiger partial charge in [0.2, 0.25) is 0 Å². The van der Waals surface area contributed by atoms with Gasteiger partial charge in [-0.15, -0.1) is 11.8 Å². The van der Waals surface area contributed by atoms with Crippen molar-refractivity contribution in [1.29, 1.82) is 0 Å². The van der Waals surface area contributed by atoms with Crippen LogP contribution in [0.15, 0.2) is 39.4 Å². The number of benzene rings is 1. The van der Waals surface area contributed by atoms with Gasteiger partial charge in [-0.1, -0.05) is 6.07 Å². The summed E-state index contributed by atoms with van der Waals surface area (Å²) in [6.45, 7) is 2.58. The Morgan fingerprint density at radius 1 is 1.39 bits per heavy atom. The number of azo groups is 1. The molecule has 1 aromatic heterocycles. The molecule has 120 valence electrons. The number of rotatable bonds is 5. The summed E-state index contributed by atoms with van der Waals surface area (Å²) in [5.41, 5.74) is 7.00. The zero-order valence-electron chi connectivity index (χ0n) is 12.4. The first-order valence-electron chi connectivity index (χ1n) is 7.01. The average molecular weight is 335 g/mol. The quantitative estimate of drug-likeness (QED) is 0.497. The van der Waals surface area contributed by atoms with Crippen molar-refractivity contribution in [2.75, 3.05) is 12.3 Å². The number of nitrogens with two attached hydrogens (primary N) is 1. The van der Waals surface area contributed by atoms with E-state index >= 15 is 0 Å². The zero-order chi connectivity index (χ0) is 16.4. The second kappa shape index (κ2) is 6.59. The molecular weight excluding hydrogens is 320 g/mol. The number of halogens is 2. The number of aryl methyl sites for hydroxylation is 1. The fraction of sp³-hybridized carbons (Fsp3) is 0.267. The molecule has 23 heavy (non-hydrogen) atoms. The van der Waals surface area contributed by atoms with E-state index in [1.54, 1.807) is 13.0 Å². The van der Waals surface area contributed by atoms with Crippen molar-refractivity contribution in [3.63, 3.8) is 0 Å². The van der Waals surface area contributed by atoms with Crippen molar-refractivity contribution >= 4 is 23.3 Å². The molecule has 1 unspecified atom stereocenters. The molecule has 0 bridgehead atoms. The second-order valence-electron chi connectivity index (χ2n) is 5.11. The van der Waals surface area contributed by atoms with E-state index in [0.717, 1.165) is 6.54 Å². The Morgan fingerprint density at radius 3 is 2.74 bits per heavy atom. The predicted octanol–water partition coefficient (Wildman–Crippen LogP) is 3.56. The molecule has 0 radical (unpaired) electrons. The molecule has 1 atom stereocenters. The number of nitrogens with zero attached hydrogens (tertiary/aromatic N) is 3. The van der Waals surface area contributed by atoms with Crippen LogP contribution in [0.1, 0.15) is 11.3 Å². The number of anilines is 1. The fourth-order valence-corrected chi connectivity index (χ4v) is 3.08. The monoisotopic (exact) mass is 335 g/mol. The number of pyridine rings is 1. The largest absolute Gasteiger partial charge is 0.384 e. The van der Waals surface area contributed by atoms with Gasteiger partial charge in [0.1, 0.15) is 29.3 Å². The van der Waals surface area contributed by atoms with Crippen LogP contribution in [0.2, 0.25) is 0 Å². The van der Waals surface area contributed by atoms with Gasteiger partial charge in [0.05, 0.1) is 5.69 Å². The van der Waals surface area contributed by atoms with Crippen molar-refractivity contribution < 1.29 is 8.78 Å². The summed E-state index contributed by atoms with van der Waals surface area (Å²) in [6, 6.07) is 5.47. The van der Waals surface area contributed by atoms with E-state index in [2.05, 4.69) is 20.5 Å². The minimum absolute atomic E-state index is 0.0253. The van der Waals surface area contributed by atoms with Gasteiger partial charge in [0, 0.05) is 22.8 Å². The lowest BCUT2D eigenvalue weighted by Gasteiger charge is -2.09. The summed E-state index contributed by atoms with van der Waals surface area (Å²) in [7, 11) is 0. The van der Waals surface area contributed by atoms with Gasteiger partial charge in [0.15, 0.2) is 0 Å². The smallest absolute Gasteiger partial charge is 0.134 e. The third-order valence-corrected chi connectivity index (χ3v) is 4.32. The molecule has 3 rings (SSSR count). The molecular formula is C15H15F2N5S. The molecule has 3 N–H and O–H groups in total. The van der Waals surface area contributed by atoms with E-state index in [-0.39, 0.29) is 17.5 Å². The molecule has 0 saturated carbocycles. The Kier molecular flexibility index (Phi) is 4.53. The predicted molar refractivity (Wildman–Crippen MR) is 85.6 cm³/mol. The number of thioether (sulfide) groups is 1. The van der Waals surface area contributed by atoms with Crippen LogP contribution in [0, 0.1) is 18.6 Å². The minimum atomic E-state index is -0.568. The highest BCUT2D eigenvalue weighted by atomic mass is 32.2. The van der Waals surface area contributed by atoms with Crippen molar-refractivity contribution in [3.05, 3.63) is 47.2 Å². The van der Waals surface area contributed by atoms with Crippen LogP contribution >= 0.6 is 11.8 Å². The lowest BCUT2D eigenvalue weighted by atomic mass is 10.2. The third-order valence-electron chi connectivity index (χ3n) is 3.27. The van der Waals surface area contributed by atoms with E-state index in [1.807, 2.05) is 0 Å². The molecule has 0 amide bonds. The van der Waals surface area contributed by atoms with Crippen molar-refractivity contribution in [1.82, 2.24) is 10.3 Å². The molecule has 0 spiro atoms. The van der Waals surface area contributed by atoms with Gasteiger partial charge in [-0.05, 0) is 25.1 Å². The van der Waals surface area contributed by atoms with Crippen LogP contribution in [-0.4, -0.2) is 17.7 Å². The topological polar surface area (TPSA) is 85.6 Å². The summed E-state index contributed by atoms with van der Waals surface area (Å²) in [6.07, 6.45) is 0.0359. The van der Waals surface area contributed by atoms with Gasteiger partial charge < -0.3 is 5.73 Å². The average Bonchev–Trinajstić information content (AvgIpc) is 3.29. The molecule has 2 aromatic rings. The van der Waals surface area contributed by atoms with E-state index in [9.17, 15) is 8.78 Å². The Labute approximate surface area is 136 Å². The molecule has 1 aromatic carbocycles. The van der Waals surface area contributed by atoms with Crippen LogP contribution in [0.3, 0.4) is 0 Å². The Balaban J connectivity index is 1.86. The molecule has 1 aliphatic heterocycles. The van der Waals surface area contributed by atoms with Crippen LogP contribution in [-0.2, 0) is 5.75 Å². The number of hydrogen-bond donors (Lipinski definition) is 2. The summed E-state index contributed by atoms with van der Waals surface area (Å²) < 4.78 is 27.5. The minimum Gasteiger partial charge on any atom is -0.384 e. The summed E-state index contributed by atoms with van der Waals surface area (Å²) in [4.78, 5) is 4.86. The van der Waals surface area contributed by atoms with Gasteiger partial charge >= 0.3 is 0 Å². The number of nitrogens with one attached hydrogen (secondary N) is 1. The summed E-state index contributed by atoms with van der Waals surface area (Å²) >= 11 is 1.25. The summed E-state index contributed by atoms with van der Waals surface area (Å²) in [5, 5.41) is 11.3. The van der Waals surface area contributed by atoms with Crippen LogP contribution < -0.4 is 11.1 Å². The summed E-state index contributed by atoms with van der Waals surface area (Å²) in [5.74, 6) is -0.670. The second-order valence-corrected chi connectivity index (χ2v) is 6.12. The Hall–Kier alpha value is -2.06. The van der Waals surface area contributed by atoms with Crippen LogP contribution in [0.4, 0.5) is 20.3 Å². The first-order valence-corrected chi connectivity index (χ1v) is 8.00. The van der Waals surface area contributed by atoms with Crippen molar-refractivity contribution in [2.45, 2.75) is 23.7 Å². The van der Waals surface area contributed by atoms with E-state index < -0.39 is 11.6 Å². The highest BCUT2D eigenvalue weighted by Gasteiger charge is 2.19. The SMILES string of the molecule is Cc1nc(N)cc(SCc2c(F)cccc2F)c1N=NC1CN1. The maximum Gasteiger partial charge on any atom is 0.134 e. The Bertz CT molecular complexity index is 742. The molecule has 1 saturated heterocycles. The fourth-order valence-electron chi connectivity index (χ4n) is 1.97. The molecule has 2 heterocycles. The lowest BCUT2D eigenvalue weighted by molar-refractivity contribution is 0.566. The highest BCUT2D eigenvalue weighted by Crippen LogP contribution is 2.36. The van der Waals surface area contributed by atoms with Crippen molar-refractivity contribution in [2.24, 2.45) is 10.2 Å². The van der Waals surface area contributed by atoms with E-state index in [4.69, 9.17) is 5.73 Å². The third kappa shape index (κ3) is 3.83. The first-order chi connectivity index (χ1) is 11.0. The van der Waals surface area contributed by atoms with Crippen LogP contribution in [0.25, 0.3) is 0 Å². The number of aromatic nitrogens is 1. The maximum absolute atomic E-state index is 13.7. The molecule has 1 fully saturated rings. The Morgan fingerprint density at radius 2 is 2.09 bits per heavy atom. The number of hydrogen-bond acceptors (Lipinski definition) is 6. The van der Waals surface area contributed by atoms with Crippen LogP contribution in [0.5, 0.6) is 0 Å². The standard InChI is InChI=1S/C15H15F2N5S/c1-8-15(22-21-14-6-19-14)12(5-13(18)20-8)23-7-9-10(16)3-2-4-11(9)17/h2-5,14,19H,6-7H2,1H3,(H2,18,20). The van der Waals surface area contributed by atoms with Gasteiger partial charge in [-0.2, -0.15) is 10.2 Å². The normalized spacial score (nSPS) is 16.9. The first kappa shape index (κ1) is 15.8. The van der Waals surface area contributed by atoms with Gasteiger partial charge in [-0.3, -0.25) is 5.32 Å². The van der Waals surface area contributed by atoms with E-state index in [1.165, 1.54) is 30.0 Å². The molecule has 0 aliphatic carbocycles. The lowest BCUT2D eigenvalue weighted by Crippen LogP contribution is -1.96. The zero-order valence-corrected chi connectivity index (χ0v) is 13.2. The van der Waals surface area contributed by atoms with Gasteiger partial charge in [-0.25, -0.2) is 13.8 Å². The number of nitrogen functional groups attached to an aromatic ring is 1. The molecule has 1 aliphatic rings. The van der Waals surface area contributed by atoms with Gasteiger partial charge in [0.25, 0.3) is 0 Å².